The van der Waals surface area contributed by atoms with Gasteiger partial charge < -0.3 is 9.30 Å². The Labute approximate surface area is 213 Å². The molecule has 0 aliphatic rings. The molecular weight excluding hydrogens is 480 g/mol. The van der Waals surface area contributed by atoms with Crippen LogP contribution in [0, 0.1) is 11.8 Å². The monoisotopic (exact) mass is 518 g/mol. The first-order valence-electron chi connectivity index (χ1n) is 12.2. The van der Waals surface area contributed by atoms with E-state index in [0.717, 1.165) is 52.6 Å². The van der Waals surface area contributed by atoms with Crippen LogP contribution in [-0.2, 0) is 23.5 Å². The summed E-state index contributed by atoms with van der Waals surface area (Å²) in [5, 5.41) is 0.753. The van der Waals surface area contributed by atoms with Crippen molar-refractivity contribution in [3.63, 3.8) is 0 Å². The standard InChI is InChI=1S/C27H38N2O4S2/c1-7-20(10-9-13-29(17-19(2)3)35(6,31)32)14-23-16-24-26(34-23)25(18-28(4)27(24)30)21-11-8-12-22(15-21)33-5/h8,11-12,15-16,18-20H,7,9-10,13-14,17H2,1-6H3. The molecule has 3 rings (SSSR count). The molecule has 192 valence electrons. The van der Waals surface area contributed by atoms with Crippen LogP contribution in [-0.4, -0.2) is 43.7 Å². The first-order chi connectivity index (χ1) is 16.5. The predicted molar refractivity (Wildman–Crippen MR) is 147 cm³/mol. The Bertz CT molecular complexity index is 1310. The molecule has 0 spiro atoms. The van der Waals surface area contributed by atoms with Crippen molar-refractivity contribution in [2.24, 2.45) is 18.9 Å². The molecule has 0 saturated carbocycles. The number of fused-ring (bicyclic) bond motifs is 1. The molecule has 0 N–H and O–H groups in total. The van der Waals surface area contributed by atoms with Crippen molar-refractivity contribution in [1.82, 2.24) is 8.87 Å². The third-order valence-electron chi connectivity index (χ3n) is 6.41. The van der Waals surface area contributed by atoms with Gasteiger partial charge in [-0.2, -0.15) is 0 Å². The summed E-state index contributed by atoms with van der Waals surface area (Å²) in [6.45, 7) is 7.38. The van der Waals surface area contributed by atoms with Crippen LogP contribution < -0.4 is 10.3 Å². The van der Waals surface area contributed by atoms with Gasteiger partial charge in [0, 0.05) is 41.5 Å². The first kappa shape index (κ1) is 27.4. The lowest BCUT2D eigenvalue weighted by atomic mass is 9.95. The van der Waals surface area contributed by atoms with Crippen LogP contribution in [0.4, 0.5) is 0 Å². The second-order valence-electron chi connectivity index (χ2n) is 9.78. The molecule has 1 atom stereocenters. The number of pyridine rings is 1. The molecule has 0 saturated heterocycles. The normalized spacial score (nSPS) is 13.1. The molecule has 0 fully saturated rings. The number of aromatic nitrogens is 1. The van der Waals surface area contributed by atoms with Crippen molar-refractivity contribution in [2.75, 3.05) is 26.5 Å². The summed E-state index contributed by atoms with van der Waals surface area (Å²) >= 11 is 1.69. The van der Waals surface area contributed by atoms with Gasteiger partial charge in [-0.3, -0.25) is 4.79 Å². The summed E-state index contributed by atoms with van der Waals surface area (Å²) in [5.41, 5.74) is 2.07. The maximum absolute atomic E-state index is 12.9. The maximum Gasteiger partial charge on any atom is 0.259 e. The fraction of sp³-hybridized carbons (Fsp3) is 0.519. The molecule has 1 unspecified atom stereocenters. The third-order valence-corrected chi connectivity index (χ3v) is 8.87. The largest absolute Gasteiger partial charge is 0.497 e. The van der Waals surface area contributed by atoms with Crippen LogP contribution in [0.5, 0.6) is 5.75 Å². The molecular formula is C27H38N2O4S2. The van der Waals surface area contributed by atoms with Crippen molar-refractivity contribution in [2.45, 2.75) is 46.5 Å². The highest BCUT2D eigenvalue weighted by molar-refractivity contribution is 7.88. The van der Waals surface area contributed by atoms with Crippen molar-refractivity contribution in [3.8, 4) is 16.9 Å². The molecule has 8 heteroatoms. The second-order valence-corrected chi connectivity index (χ2v) is 12.9. The zero-order valence-electron chi connectivity index (χ0n) is 21.7. The molecule has 0 aliphatic heterocycles. The van der Waals surface area contributed by atoms with E-state index in [1.165, 1.54) is 11.1 Å². The van der Waals surface area contributed by atoms with Gasteiger partial charge in [0.2, 0.25) is 10.0 Å². The smallest absolute Gasteiger partial charge is 0.259 e. The van der Waals surface area contributed by atoms with E-state index in [-0.39, 0.29) is 5.56 Å². The number of sulfonamides is 1. The fourth-order valence-corrected chi connectivity index (χ4v) is 6.81. The topological polar surface area (TPSA) is 68.6 Å². The van der Waals surface area contributed by atoms with Crippen LogP contribution in [0.3, 0.4) is 0 Å². The van der Waals surface area contributed by atoms with Gasteiger partial charge in [-0.1, -0.05) is 39.3 Å². The third kappa shape index (κ3) is 6.96. The summed E-state index contributed by atoms with van der Waals surface area (Å²) in [6, 6.07) is 9.97. The van der Waals surface area contributed by atoms with Crippen LogP contribution >= 0.6 is 11.3 Å². The zero-order valence-corrected chi connectivity index (χ0v) is 23.3. The average Bonchev–Trinajstić information content (AvgIpc) is 3.23. The maximum atomic E-state index is 12.9. The van der Waals surface area contributed by atoms with E-state index in [1.807, 2.05) is 44.3 Å². The molecule has 6 nitrogen and oxygen atoms in total. The van der Waals surface area contributed by atoms with E-state index in [2.05, 4.69) is 13.0 Å². The van der Waals surface area contributed by atoms with E-state index in [1.54, 1.807) is 34.4 Å². The van der Waals surface area contributed by atoms with Crippen LogP contribution in [0.25, 0.3) is 21.2 Å². The highest BCUT2D eigenvalue weighted by atomic mass is 32.2. The van der Waals surface area contributed by atoms with Gasteiger partial charge in [0.15, 0.2) is 0 Å². The molecule has 0 aliphatic carbocycles. The molecule has 0 amide bonds. The average molecular weight is 519 g/mol. The minimum atomic E-state index is -3.20. The summed E-state index contributed by atoms with van der Waals surface area (Å²) < 4.78 is 33.9. The molecule has 2 aromatic heterocycles. The van der Waals surface area contributed by atoms with Gasteiger partial charge in [0.25, 0.3) is 5.56 Å². The number of hydrogen-bond donors (Lipinski definition) is 0. The first-order valence-corrected chi connectivity index (χ1v) is 14.9. The molecule has 2 heterocycles. The van der Waals surface area contributed by atoms with Crippen LogP contribution in [0.1, 0.15) is 44.9 Å². The second kappa shape index (κ2) is 11.7. The van der Waals surface area contributed by atoms with E-state index in [0.29, 0.717) is 24.9 Å². The SMILES string of the molecule is CCC(CCCN(CC(C)C)S(C)(=O)=O)Cc1cc2c(=O)n(C)cc(-c3cccc(OC)c3)c2s1. The van der Waals surface area contributed by atoms with Gasteiger partial charge in [-0.05, 0) is 54.9 Å². The summed E-state index contributed by atoms with van der Waals surface area (Å²) in [4.78, 5) is 14.1. The van der Waals surface area contributed by atoms with Crippen LogP contribution in [0.15, 0.2) is 41.3 Å². The molecule has 1 aromatic carbocycles. The number of thiophene rings is 1. The Hall–Kier alpha value is -2.16. The Morgan fingerprint density at radius 2 is 1.94 bits per heavy atom. The lowest BCUT2D eigenvalue weighted by Crippen LogP contribution is -2.34. The summed E-state index contributed by atoms with van der Waals surface area (Å²) in [7, 11) is 0.252. The Morgan fingerprint density at radius 1 is 1.20 bits per heavy atom. The lowest BCUT2D eigenvalue weighted by molar-refractivity contribution is 0.343. The number of nitrogens with zero attached hydrogens (tertiary/aromatic N) is 2. The van der Waals surface area contributed by atoms with Gasteiger partial charge in [-0.15, -0.1) is 11.3 Å². The van der Waals surface area contributed by atoms with E-state index in [9.17, 15) is 13.2 Å². The lowest BCUT2D eigenvalue weighted by Gasteiger charge is -2.23. The Kier molecular flexibility index (Phi) is 9.18. The van der Waals surface area contributed by atoms with E-state index >= 15 is 0 Å². The van der Waals surface area contributed by atoms with Gasteiger partial charge in [-0.25, -0.2) is 12.7 Å². The fourth-order valence-electron chi connectivity index (χ4n) is 4.49. The molecule has 0 bridgehead atoms. The summed E-state index contributed by atoms with van der Waals surface area (Å²) in [6.07, 6.45) is 6.89. The van der Waals surface area contributed by atoms with Crippen molar-refractivity contribution in [1.29, 1.82) is 0 Å². The minimum Gasteiger partial charge on any atom is -0.497 e. The Morgan fingerprint density at radius 3 is 2.57 bits per heavy atom. The van der Waals surface area contributed by atoms with Crippen LogP contribution in [0.2, 0.25) is 0 Å². The highest BCUT2D eigenvalue weighted by Crippen LogP contribution is 2.36. The quantitative estimate of drug-likeness (QED) is 0.316. The van der Waals surface area contributed by atoms with Gasteiger partial charge in [0.1, 0.15) is 5.75 Å². The number of ether oxygens (including phenoxy) is 1. The number of rotatable bonds is 12. The van der Waals surface area contributed by atoms with Gasteiger partial charge in [0.05, 0.1) is 18.8 Å². The van der Waals surface area contributed by atoms with E-state index < -0.39 is 10.0 Å². The zero-order chi connectivity index (χ0) is 25.8. The minimum absolute atomic E-state index is 0.0136. The highest BCUT2D eigenvalue weighted by Gasteiger charge is 2.19. The number of hydrogen-bond acceptors (Lipinski definition) is 5. The number of benzene rings is 1. The van der Waals surface area contributed by atoms with E-state index in [4.69, 9.17) is 4.74 Å². The number of methoxy groups -OCH3 is 1. The molecule has 3 aromatic rings. The van der Waals surface area contributed by atoms with Crippen molar-refractivity contribution >= 4 is 31.4 Å². The summed E-state index contributed by atoms with van der Waals surface area (Å²) in [5.74, 6) is 1.52. The Balaban J connectivity index is 1.81. The predicted octanol–water partition coefficient (Wildman–Crippen LogP) is 5.54. The van der Waals surface area contributed by atoms with Crippen molar-refractivity contribution < 1.29 is 13.2 Å². The number of aryl methyl sites for hydroxylation is 1. The van der Waals surface area contributed by atoms with Gasteiger partial charge >= 0.3 is 0 Å². The van der Waals surface area contributed by atoms with Crippen molar-refractivity contribution in [3.05, 3.63) is 51.8 Å². The molecule has 0 radical (unpaired) electrons. The molecule has 35 heavy (non-hydrogen) atoms.